The molecule has 0 bridgehead atoms. The van der Waals surface area contributed by atoms with Crippen LogP contribution in [0.1, 0.15) is 251 Å². The van der Waals surface area contributed by atoms with Gasteiger partial charge in [-0.05, 0) is 12.8 Å². The minimum absolute atomic E-state index is 0.0427. The molecule has 0 saturated carbocycles. The molecule has 1 amide bonds. The Bertz CT molecular complexity index is 644. The van der Waals surface area contributed by atoms with Crippen LogP contribution in [-0.2, 0) is 4.79 Å². The lowest BCUT2D eigenvalue weighted by atomic mass is 10.0. The van der Waals surface area contributed by atoms with Crippen LogP contribution in [0.15, 0.2) is 0 Å². The van der Waals surface area contributed by atoms with Crippen LogP contribution in [0.2, 0.25) is 0 Å². The Morgan fingerprint density at radius 1 is 0.429 bits per heavy atom. The van der Waals surface area contributed by atoms with Crippen molar-refractivity contribution >= 4 is 5.91 Å². The average molecular weight is 696 g/mol. The van der Waals surface area contributed by atoms with Crippen LogP contribution in [0, 0.1) is 0 Å². The molecule has 0 aliphatic carbocycles. The summed E-state index contributed by atoms with van der Waals surface area (Å²) in [5, 5.41) is 33.3. The summed E-state index contributed by atoms with van der Waals surface area (Å²) >= 11 is 0. The van der Waals surface area contributed by atoms with E-state index < -0.39 is 18.2 Å². The molecule has 0 fully saturated rings. The number of unbranched alkanes of at least 4 members (excludes halogenated alkanes) is 32. The molecular weight excluding hydrogens is 606 g/mol. The molecule has 0 aliphatic heterocycles. The van der Waals surface area contributed by atoms with Crippen molar-refractivity contribution in [2.45, 2.75) is 270 Å². The smallest absolute Gasteiger partial charge is 0.222 e. The van der Waals surface area contributed by atoms with E-state index >= 15 is 0 Å². The number of hydrogen-bond donors (Lipinski definition) is 4. The molecule has 5 nitrogen and oxygen atoms in total. The van der Waals surface area contributed by atoms with Crippen LogP contribution in [0.4, 0.5) is 0 Å². The molecule has 0 aliphatic rings. The SMILES string of the molecule is CCCCCCCCCCCCCCCCCCCCCCCCC(O)CC(=O)NC(CO)C(O)CCCCCCCCCCCCCC. The monoisotopic (exact) mass is 696 g/mol. The Hall–Kier alpha value is -0.650. The predicted molar refractivity (Wildman–Crippen MR) is 213 cm³/mol. The molecule has 4 N–H and O–H groups in total. The van der Waals surface area contributed by atoms with E-state index in [1.165, 1.54) is 193 Å². The summed E-state index contributed by atoms with van der Waals surface area (Å²) in [6.45, 7) is 4.27. The maximum absolute atomic E-state index is 12.4. The van der Waals surface area contributed by atoms with Gasteiger partial charge in [0, 0.05) is 0 Å². The molecule has 0 radical (unpaired) electrons. The molecule has 0 aromatic heterocycles. The molecule has 3 atom stereocenters. The lowest BCUT2D eigenvalue weighted by Gasteiger charge is -2.23. The van der Waals surface area contributed by atoms with Gasteiger partial charge >= 0.3 is 0 Å². The molecular formula is C44H89NO4. The van der Waals surface area contributed by atoms with E-state index in [1.807, 2.05) is 0 Å². The molecule has 0 spiro atoms. The molecule has 0 saturated heterocycles. The van der Waals surface area contributed by atoms with Crippen molar-refractivity contribution < 1.29 is 20.1 Å². The minimum atomic E-state index is -0.742. The van der Waals surface area contributed by atoms with Crippen molar-refractivity contribution in [3.05, 3.63) is 0 Å². The highest BCUT2D eigenvalue weighted by Crippen LogP contribution is 2.17. The van der Waals surface area contributed by atoms with E-state index in [4.69, 9.17) is 0 Å². The van der Waals surface area contributed by atoms with Crippen molar-refractivity contribution in [1.29, 1.82) is 0 Å². The highest BCUT2D eigenvalue weighted by molar-refractivity contribution is 5.76. The summed E-state index contributed by atoms with van der Waals surface area (Å²) in [5.74, 6) is -0.279. The second-order valence-electron chi connectivity index (χ2n) is 15.7. The number of amides is 1. The van der Waals surface area contributed by atoms with Gasteiger partial charge in [0.2, 0.25) is 5.91 Å². The van der Waals surface area contributed by atoms with Crippen LogP contribution in [-0.4, -0.2) is 46.1 Å². The molecule has 3 unspecified atom stereocenters. The lowest BCUT2D eigenvalue weighted by Crippen LogP contribution is -2.46. The summed E-state index contributed by atoms with van der Waals surface area (Å²) < 4.78 is 0. The summed E-state index contributed by atoms with van der Waals surface area (Å²) in [4.78, 5) is 12.4. The quantitative estimate of drug-likeness (QED) is 0.0479. The van der Waals surface area contributed by atoms with Gasteiger partial charge in [-0.1, -0.05) is 232 Å². The van der Waals surface area contributed by atoms with Gasteiger partial charge in [0.25, 0.3) is 0 Å². The Morgan fingerprint density at radius 2 is 0.694 bits per heavy atom. The van der Waals surface area contributed by atoms with Gasteiger partial charge in [-0.2, -0.15) is 0 Å². The lowest BCUT2D eigenvalue weighted by molar-refractivity contribution is -0.125. The number of nitrogens with one attached hydrogen (secondary N) is 1. The second-order valence-corrected chi connectivity index (χ2v) is 15.7. The fourth-order valence-corrected chi connectivity index (χ4v) is 7.23. The molecule has 294 valence electrons. The maximum Gasteiger partial charge on any atom is 0.222 e. The van der Waals surface area contributed by atoms with Crippen molar-refractivity contribution in [2.75, 3.05) is 6.61 Å². The molecule has 49 heavy (non-hydrogen) atoms. The van der Waals surface area contributed by atoms with E-state index in [0.29, 0.717) is 12.8 Å². The summed E-state index contributed by atoms with van der Waals surface area (Å²) in [5.41, 5.74) is 0. The third kappa shape index (κ3) is 36.9. The Kier molecular flexibility index (Phi) is 39.6. The first-order valence-corrected chi connectivity index (χ1v) is 22.3. The highest BCUT2D eigenvalue weighted by atomic mass is 16.3. The Morgan fingerprint density at radius 3 is 0.980 bits per heavy atom. The van der Waals surface area contributed by atoms with Crippen molar-refractivity contribution in [3.8, 4) is 0 Å². The summed E-state index contributed by atoms with van der Waals surface area (Å²) in [7, 11) is 0. The van der Waals surface area contributed by atoms with Gasteiger partial charge in [-0.3, -0.25) is 4.79 Å². The van der Waals surface area contributed by atoms with Gasteiger partial charge in [0.15, 0.2) is 0 Å². The molecule has 0 aromatic carbocycles. The van der Waals surface area contributed by atoms with Crippen LogP contribution >= 0.6 is 0 Å². The van der Waals surface area contributed by atoms with E-state index in [9.17, 15) is 20.1 Å². The second kappa shape index (κ2) is 40.1. The third-order valence-electron chi connectivity index (χ3n) is 10.7. The molecule has 0 rings (SSSR count). The van der Waals surface area contributed by atoms with Crippen molar-refractivity contribution in [1.82, 2.24) is 5.32 Å². The van der Waals surface area contributed by atoms with E-state index in [-0.39, 0.29) is 18.9 Å². The first-order valence-electron chi connectivity index (χ1n) is 22.3. The van der Waals surface area contributed by atoms with E-state index in [1.54, 1.807) is 0 Å². The van der Waals surface area contributed by atoms with Crippen molar-refractivity contribution in [2.24, 2.45) is 0 Å². The summed E-state index contributed by atoms with van der Waals surface area (Å²) in [6, 6.07) is -0.651. The number of aliphatic hydroxyl groups excluding tert-OH is 3. The van der Waals surface area contributed by atoms with Gasteiger partial charge in [0.05, 0.1) is 31.3 Å². The molecule has 0 heterocycles. The van der Waals surface area contributed by atoms with E-state index in [2.05, 4.69) is 19.2 Å². The number of hydrogen-bond acceptors (Lipinski definition) is 4. The molecule has 5 heteroatoms. The first-order chi connectivity index (χ1) is 24.0. The van der Waals surface area contributed by atoms with Crippen LogP contribution in [0.25, 0.3) is 0 Å². The van der Waals surface area contributed by atoms with Gasteiger partial charge in [-0.15, -0.1) is 0 Å². The van der Waals surface area contributed by atoms with E-state index in [0.717, 1.165) is 25.7 Å². The fourth-order valence-electron chi connectivity index (χ4n) is 7.23. The predicted octanol–water partition coefficient (Wildman–Crippen LogP) is 12.7. The topological polar surface area (TPSA) is 89.8 Å². The zero-order valence-corrected chi connectivity index (χ0v) is 33.4. The van der Waals surface area contributed by atoms with Crippen LogP contribution in [0.3, 0.4) is 0 Å². The van der Waals surface area contributed by atoms with Gasteiger partial charge in [-0.25, -0.2) is 0 Å². The number of rotatable bonds is 41. The third-order valence-corrected chi connectivity index (χ3v) is 10.7. The first kappa shape index (κ1) is 48.3. The normalized spacial score (nSPS) is 13.5. The maximum atomic E-state index is 12.4. The fraction of sp³-hybridized carbons (Fsp3) is 0.977. The van der Waals surface area contributed by atoms with Gasteiger partial charge < -0.3 is 20.6 Å². The average Bonchev–Trinajstić information content (AvgIpc) is 3.09. The zero-order chi connectivity index (χ0) is 35.9. The standard InChI is InChI=1S/C44H89NO4/c1-3-5-7-9-11-13-15-17-18-19-20-21-22-23-24-25-26-27-29-31-33-35-37-41(47)39-44(49)45-42(40-46)43(48)38-36-34-32-30-28-16-14-12-10-8-6-4-2/h41-43,46-48H,3-40H2,1-2H3,(H,45,49). The Balaban J connectivity index is 3.53. The largest absolute Gasteiger partial charge is 0.394 e. The number of carbonyl (C=O) groups is 1. The Labute approximate surface area is 307 Å². The minimum Gasteiger partial charge on any atom is -0.394 e. The van der Waals surface area contributed by atoms with Crippen molar-refractivity contribution in [3.63, 3.8) is 0 Å². The summed E-state index contributed by atoms with van der Waals surface area (Å²) in [6.07, 6.45) is 45.0. The highest BCUT2D eigenvalue weighted by Gasteiger charge is 2.21. The van der Waals surface area contributed by atoms with Gasteiger partial charge in [0.1, 0.15) is 0 Å². The number of carbonyl (C=O) groups excluding carboxylic acids is 1. The number of aliphatic hydroxyl groups is 3. The van der Waals surface area contributed by atoms with Crippen LogP contribution < -0.4 is 5.32 Å². The molecule has 0 aromatic rings. The zero-order valence-electron chi connectivity index (χ0n) is 33.4. The van der Waals surface area contributed by atoms with Crippen LogP contribution in [0.5, 0.6) is 0 Å².